The Bertz CT molecular complexity index is 354. The highest BCUT2D eigenvalue weighted by atomic mass is 31.2. The Balaban J connectivity index is 5.10. The Kier molecular flexibility index (Phi) is 7.95. The summed E-state index contributed by atoms with van der Waals surface area (Å²) >= 11 is 0. The van der Waals surface area contributed by atoms with Gasteiger partial charge in [0.1, 0.15) is 0 Å². The van der Waals surface area contributed by atoms with Gasteiger partial charge in [0.05, 0.1) is 5.92 Å². The quantitative estimate of drug-likeness (QED) is 0.533. The van der Waals surface area contributed by atoms with Crippen molar-refractivity contribution in [3.8, 4) is 0 Å². The van der Waals surface area contributed by atoms with Crippen LogP contribution in [0.5, 0.6) is 0 Å². The number of carboxylic acid groups (broad SMARTS) is 2. The third-order valence-electron chi connectivity index (χ3n) is 3.10. The van der Waals surface area contributed by atoms with E-state index in [4.69, 9.17) is 5.11 Å². The van der Waals surface area contributed by atoms with Crippen molar-refractivity contribution in [1.29, 1.82) is 0 Å². The fraction of sp³-hybridized carbons (Fsp3) is 0.833. The second kappa shape index (κ2) is 8.33. The van der Waals surface area contributed by atoms with E-state index in [1.54, 1.807) is 6.92 Å². The number of carboxylic acids is 2. The van der Waals surface area contributed by atoms with Crippen LogP contribution in [0.15, 0.2) is 0 Å². The molecule has 0 radical (unpaired) electrons. The molecule has 0 amide bonds. The largest absolute Gasteiger partial charge is 0.481 e. The summed E-state index contributed by atoms with van der Waals surface area (Å²) in [5.74, 6) is -3.35. The molecule has 0 aromatic carbocycles. The van der Waals surface area contributed by atoms with E-state index < -0.39 is 30.9 Å². The van der Waals surface area contributed by atoms with E-state index in [-0.39, 0.29) is 19.0 Å². The molecule has 6 nitrogen and oxygen atoms in total. The van der Waals surface area contributed by atoms with E-state index in [2.05, 4.69) is 0 Å². The van der Waals surface area contributed by atoms with Crippen LogP contribution in [0.1, 0.15) is 46.0 Å². The van der Waals surface area contributed by atoms with Crippen LogP contribution in [0.25, 0.3) is 0 Å². The van der Waals surface area contributed by atoms with Crippen LogP contribution in [-0.2, 0) is 14.2 Å². The lowest BCUT2D eigenvalue weighted by Crippen LogP contribution is -2.30. The first-order valence-corrected chi connectivity index (χ1v) is 8.43. The highest BCUT2D eigenvalue weighted by Gasteiger charge is 2.39. The zero-order valence-corrected chi connectivity index (χ0v) is 12.3. The molecule has 0 spiro atoms. The topological polar surface area (TPSA) is 112 Å². The minimum atomic E-state index is -3.56. The molecule has 0 aliphatic carbocycles. The number of carbonyl (C=O) groups is 2. The third-order valence-corrected chi connectivity index (χ3v) is 5.84. The van der Waals surface area contributed by atoms with Crippen molar-refractivity contribution in [2.75, 3.05) is 6.16 Å². The average Bonchev–Trinajstić information content (AvgIpc) is 2.26. The van der Waals surface area contributed by atoms with Crippen LogP contribution < -0.4 is 0 Å². The number of rotatable bonds is 10. The molecule has 0 saturated heterocycles. The van der Waals surface area contributed by atoms with E-state index in [9.17, 15) is 24.2 Å². The summed E-state index contributed by atoms with van der Waals surface area (Å²) in [6, 6.07) is 0. The lowest BCUT2D eigenvalue weighted by atomic mass is 9.96. The standard InChI is InChI=1S/C12H23O6P/c1-3-5-10(19(17,18)8-4-2)9(12(15)16)6-7-11(13)14/h9-10H,3-8H2,1-2H3,(H,13,14)(H,15,16)(H,17,18). The van der Waals surface area contributed by atoms with Crippen molar-refractivity contribution < 1.29 is 29.3 Å². The summed E-state index contributed by atoms with van der Waals surface area (Å²) in [6.45, 7) is 3.58. The Morgan fingerprint density at radius 2 is 1.68 bits per heavy atom. The molecule has 0 fully saturated rings. The van der Waals surface area contributed by atoms with Gasteiger partial charge in [0.2, 0.25) is 7.37 Å². The van der Waals surface area contributed by atoms with Crippen LogP contribution in [0.2, 0.25) is 0 Å². The molecule has 19 heavy (non-hydrogen) atoms. The molecule has 0 saturated carbocycles. The summed E-state index contributed by atoms with van der Waals surface area (Å²) in [5, 5.41) is 17.8. The maximum atomic E-state index is 12.2. The lowest BCUT2D eigenvalue weighted by molar-refractivity contribution is -0.143. The lowest BCUT2D eigenvalue weighted by Gasteiger charge is -2.27. The predicted molar refractivity (Wildman–Crippen MR) is 71.7 cm³/mol. The van der Waals surface area contributed by atoms with E-state index in [1.807, 2.05) is 6.92 Å². The summed E-state index contributed by atoms with van der Waals surface area (Å²) < 4.78 is 12.2. The summed E-state index contributed by atoms with van der Waals surface area (Å²) in [4.78, 5) is 31.8. The molecule has 0 aromatic rings. The van der Waals surface area contributed by atoms with E-state index in [0.29, 0.717) is 19.3 Å². The second-order valence-electron chi connectivity index (χ2n) is 4.71. The van der Waals surface area contributed by atoms with Gasteiger partial charge in [-0.25, -0.2) is 0 Å². The molecule has 0 heterocycles. The molecule has 0 aliphatic heterocycles. The molecular weight excluding hydrogens is 271 g/mol. The molecular formula is C12H23O6P. The molecule has 3 atom stereocenters. The van der Waals surface area contributed by atoms with Gasteiger partial charge in [0.25, 0.3) is 0 Å². The molecule has 3 unspecified atom stereocenters. The Hall–Kier alpha value is -0.870. The van der Waals surface area contributed by atoms with Gasteiger partial charge < -0.3 is 15.1 Å². The van der Waals surface area contributed by atoms with Gasteiger partial charge in [-0.15, -0.1) is 0 Å². The first-order valence-electron chi connectivity index (χ1n) is 6.52. The van der Waals surface area contributed by atoms with E-state index in [1.165, 1.54) is 0 Å². The fourth-order valence-electron chi connectivity index (χ4n) is 2.23. The predicted octanol–water partition coefficient (Wildman–Crippen LogP) is 2.40. The maximum Gasteiger partial charge on any atom is 0.307 e. The molecule has 0 rings (SSSR count). The van der Waals surface area contributed by atoms with Gasteiger partial charge in [-0.2, -0.15) is 0 Å². The zero-order valence-electron chi connectivity index (χ0n) is 11.4. The Labute approximate surface area is 113 Å². The summed E-state index contributed by atoms with van der Waals surface area (Å²) in [5.41, 5.74) is -0.853. The summed E-state index contributed by atoms with van der Waals surface area (Å²) in [7, 11) is -3.56. The van der Waals surface area contributed by atoms with Crippen molar-refractivity contribution in [3.63, 3.8) is 0 Å². The molecule has 0 bridgehead atoms. The molecule has 0 aliphatic rings. The zero-order chi connectivity index (χ0) is 15.1. The van der Waals surface area contributed by atoms with Crippen molar-refractivity contribution in [3.05, 3.63) is 0 Å². The monoisotopic (exact) mass is 294 g/mol. The number of hydrogen-bond donors (Lipinski definition) is 3. The summed E-state index contributed by atoms with van der Waals surface area (Å²) in [6.07, 6.45) is 1.08. The Morgan fingerprint density at radius 3 is 2.05 bits per heavy atom. The molecule has 0 aromatic heterocycles. The van der Waals surface area contributed by atoms with Gasteiger partial charge in [0.15, 0.2) is 0 Å². The van der Waals surface area contributed by atoms with E-state index >= 15 is 0 Å². The molecule has 3 N–H and O–H groups in total. The Morgan fingerprint density at radius 1 is 1.11 bits per heavy atom. The van der Waals surface area contributed by atoms with Gasteiger partial charge in [-0.05, 0) is 19.3 Å². The van der Waals surface area contributed by atoms with Gasteiger partial charge >= 0.3 is 11.9 Å². The number of aliphatic carboxylic acids is 2. The first-order chi connectivity index (χ1) is 8.76. The average molecular weight is 294 g/mol. The number of hydrogen-bond acceptors (Lipinski definition) is 3. The van der Waals surface area contributed by atoms with Crippen LogP contribution in [-0.4, -0.2) is 38.9 Å². The van der Waals surface area contributed by atoms with Gasteiger partial charge in [-0.1, -0.05) is 20.3 Å². The van der Waals surface area contributed by atoms with Crippen LogP contribution in [0.3, 0.4) is 0 Å². The van der Waals surface area contributed by atoms with Crippen LogP contribution in [0, 0.1) is 5.92 Å². The third kappa shape index (κ3) is 6.21. The maximum absolute atomic E-state index is 12.2. The normalized spacial score (nSPS) is 17.4. The molecule has 7 heteroatoms. The highest BCUT2D eigenvalue weighted by molar-refractivity contribution is 7.58. The second-order valence-corrected chi connectivity index (χ2v) is 7.33. The smallest absolute Gasteiger partial charge is 0.307 e. The minimum Gasteiger partial charge on any atom is -0.481 e. The fourth-order valence-corrected chi connectivity index (χ4v) is 4.70. The van der Waals surface area contributed by atoms with Crippen molar-refractivity contribution in [2.24, 2.45) is 5.92 Å². The van der Waals surface area contributed by atoms with Crippen molar-refractivity contribution in [1.82, 2.24) is 0 Å². The first kappa shape index (κ1) is 18.1. The SMILES string of the molecule is CCCC(C(CCC(=O)O)C(=O)O)P(=O)(O)CCC. The highest BCUT2D eigenvalue weighted by Crippen LogP contribution is 2.52. The molecule has 112 valence electrons. The minimum absolute atomic E-state index is 0.0779. The van der Waals surface area contributed by atoms with Gasteiger partial charge in [-0.3, -0.25) is 14.2 Å². The van der Waals surface area contributed by atoms with E-state index in [0.717, 1.165) is 0 Å². The van der Waals surface area contributed by atoms with Crippen molar-refractivity contribution >= 4 is 19.3 Å². The van der Waals surface area contributed by atoms with Gasteiger partial charge in [0, 0.05) is 18.2 Å². The van der Waals surface area contributed by atoms with Crippen LogP contribution in [0.4, 0.5) is 0 Å². The van der Waals surface area contributed by atoms with Crippen molar-refractivity contribution in [2.45, 2.75) is 51.6 Å². The van der Waals surface area contributed by atoms with Crippen LogP contribution >= 0.6 is 7.37 Å².